The molecule has 20 heavy (non-hydrogen) atoms. The van der Waals surface area contributed by atoms with E-state index in [-0.39, 0.29) is 11.1 Å². The topological polar surface area (TPSA) is 26.3 Å². The third kappa shape index (κ3) is 3.03. The van der Waals surface area contributed by atoms with E-state index in [1.807, 2.05) is 6.08 Å². The lowest BCUT2D eigenvalue weighted by Gasteiger charge is -2.19. The molecule has 0 heterocycles. The smallest absolute Gasteiger partial charge is 0.417 e. The van der Waals surface area contributed by atoms with E-state index in [1.54, 1.807) is 0 Å². The molecule has 0 amide bonds. The third-order valence-corrected chi connectivity index (χ3v) is 3.38. The van der Waals surface area contributed by atoms with E-state index in [2.05, 4.69) is 4.74 Å². The SMILES string of the molecule is COC(=O)c1ccc(C2=CCCCC2)c(C(F)(F)F)c1. The fourth-order valence-corrected chi connectivity index (χ4v) is 2.39. The molecule has 0 bridgehead atoms. The number of halogens is 3. The average Bonchev–Trinajstić information content (AvgIpc) is 2.46. The predicted octanol–water partition coefficient (Wildman–Crippen LogP) is 4.45. The number of rotatable bonds is 2. The molecule has 2 rings (SSSR count). The largest absolute Gasteiger partial charge is 0.465 e. The maximum Gasteiger partial charge on any atom is 0.417 e. The zero-order valence-corrected chi connectivity index (χ0v) is 11.1. The molecule has 0 unspecified atom stereocenters. The van der Waals surface area contributed by atoms with Crippen LogP contribution in [0, 0.1) is 0 Å². The van der Waals surface area contributed by atoms with Gasteiger partial charge in [-0.1, -0.05) is 12.1 Å². The van der Waals surface area contributed by atoms with Crippen LogP contribution in [0.5, 0.6) is 0 Å². The van der Waals surface area contributed by atoms with Crippen LogP contribution in [0.1, 0.15) is 47.2 Å². The van der Waals surface area contributed by atoms with E-state index in [4.69, 9.17) is 0 Å². The van der Waals surface area contributed by atoms with Crippen LogP contribution in [0.3, 0.4) is 0 Å². The van der Waals surface area contributed by atoms with E-state index < -0.39 is 17.7 Å². The number of allylic oxidation sites excluding steroid dienone is 2. The standard InChI is InChI=1S/C15H15F3O2/c1-20-14(19)11-7-8-12(10-5-3-2-4-6-10)13(9-11)15(16,17)18/h5,7-9H,2-4,6H2,1H3. The van der Waals surface area contributed by atoms with E-state index >= 15 is 0 Å². The van der Waals surface area contributed by atoms with Crippen molar-refractivity contribution in [2.45, 2.75) is 31.9 Å². The van der Waals surface area contributed by atoms with Crippen molar-refractivity contribution in [3.8, 4) is 0 Å². The van der Waals surface area contributed by atoms with Crippen LogP contribution in [-0.4, -0.2) is 13.1 Å². The number of methoxy groups -OCH3 is 1. The molecule has 0 N–H and O–H groups in total. The van der Waals surface area contributed by atoms with Crippen LogP contribution in [-0.2, 0) is 10.9 Å². The summed E-state index contributed by atoms with van der Waals surface area (Å²) < 4.78 is 44.0. The lowest BCUT2D eigenvalue weighted by atomic mass is 9.89. The summed E-state index contributed by atoms with van der Waals surface area (Å²) in [5.74, 6) is -0.764. The van der Waals surface area contributed by atoms with Crippen LogP contribution in [0.4, 0.5) is 13.2 Å². The highest BCUT2D eigenvalue weighted by Crippen LogP contribution is 2.38. The van der Waals surface area contributed by atoms with E-state index in [0.717, 1.165) is 32.4 Å². The highest BCUT2D eigenvalue weighted by molar-refractivity contribution is 5.90. The molecule has 0 saturated heterocycles. The van der Waals surface area contributed by atoms with Crippen molar-refractivity contribution in [3.63, 3.8) is 0 Å². The van der Waals surface area contributed by atoms with Gasteiger partial charge in [0.05, 0.1) is 18.2 Å². The maximum absolute atomic E-state index is 13.2. The van der Waals surface area contributed by atoms with E-state index in [9.17, 15) is 18.0 Å². The first-order valence-electron chi connectivity index (χ1n) is 6.42. The van der Waals surface area contributed by atoms with Gasteiger partial charge in [-0.25, -0.2) is 4.79 Å². The van der Waals surface area contributed by atoms with Gasteiger partial charge in [-0.05, 0) is 49.0 Å². The lowest BCUT2D eigenvalue weighted by Crippen LogP contribution is -2.12. The van der Waals surface area contributed by atoms with Crippen LogP contribution < -0.4 is 0 Å². The number of esters is 1. The Kier molecular flexibility index (Phi) is 4.16. The first kappa shape index (κ1) is 14.6. The van der Waals surface area contributed by atoms with Crippen LogP contribution in [0.2, 0.25) is 0 Å². The Morgan fingerprint density at radius 2 is 2.00 bits per heavy atom. The monoisotopic (exact) mass is 284 g/mol. The highest BCUT2D eigenvalue weighted by Gasteiger charge is 2.35. The molecule has 1 aromatic carbocycles. The summed E-state index contributed by atoms with van der Waals surface area (Å²) in [6, 6.07) is 3.62. The molecule has 0 aromatic heterocycles. The molecular weight excluding hydrogens is 269 g/mol. The molecule has 0 saturated carbocycles. The number of carbonyl (C=O) groups excluding carboxylic acids is 1. The van der Waals surface area contributed by atoms with Crippen molar-refractivity contribution in [2.75, 3.05) is 7.11 Å². The maximum atomic E-state index is 13.2. The number of hydrogen-bond donors (Lipinski definition) is 0. The van der Waals surface area contributed by atoms with Gasteiger partial charge >= 0.3 is 12.1 Å². The van der Waals surface area contributed by atoms with Crippen molar-refractivity contribution >= 4 is 11.5 Å². The number of alkyl halides is 3. The molecule has 0 radical (unpaired) electrons. The zero-order chi connectivity index (χ0) is 14.8. The molecule has 2 nitrogen and oxygen atoms in total. The first-order chi connectivity index (χ1) is 9.43. The zero-order valence-electron chi connectivity index (χ0n) is 11.1. The second-order valence-electron chi connectivity index (χ2n) is 4.72. The van der Waals surface area contributed by atoms with Gasteiger partial charge in [0.1, 0.15) is 0 Å². The molecule has 5 heteroatoms. The molecular formula is C15H15F3O2. The summed E-state index contributed by atoms with van der Waals surface area (Å²) in [7, 11) is 1.15. The summed E-state index contributed by atoms with van der Waals surface area (Å²) in [5.41, 5.74) is 0.0263. The summed E-state index contributed by atoms with van der Waals surface area (Å²) >= 11 is 0. The predicted molar refractivity (Wildman–Crippen MR) is 69.2 cm³/mol. The van der Waals surface area contributed by atoms with Gasteiger partial charge in [-0.3, -0.25) is 0 Å². The summed E-state index contributed by atoms with van der Waals surface area (Å²) in [4.78, 5) is 11.4. The summed E-state index contributed by atoms with van der Waals surface area (Å²) in [5, 5.41) is 0. The fraction of sp³-hybridized carbons (Fsp3) is 0.400. The van der Waals surface area contributed by atoms with Gasteiger partial charge in [0.2, 0.25) is 0 Å². The van der Waals surface area contributed by atoms with E-state index in [0.29, 0.717) is 12.0 Å². The van der Waals surface area contributed by atoms with Gasteiger partial charge in [-0.2, -0.15) is 13.2 Å². The fourth-order valence-electron chi connectivity index (χ4n) is 2.39. The molecule has 0 fully saturated rings. The lowest BCUT2D eigenvalue weighted by molar-refractivity contribution is -0.137. The molecule has 0 spiro atoms. The number of ether oxygens (including phenoxy) is 1. The minimum Gasteiger partial charge on any atom is -0.465 e. The molecule has 0 atom stereocenters. The Bertz CT molecular complexity index is 545. The van der Waals surface area contributed by atoms with Crippen molar-refractivity contribution < 1.29 is 22.7 Å². The van der Waals surface area contributed by atoms with Gasteiger partial charge < -0.3 is 4.74 Å². The first-order valence-corrected chi connectivity index (χ1v) is 6.42. The van der Waals surface area contributed by atoms with Gasteiger partial charge in [0.25, 0.3) is 0 Å². The molecule has 1 aliphatic rings. The number of carbonyl (C=O) groups is 1. The quantitative estimate of drug-likeness (QED) is 0.750. The summed E-state index contributed by atoms with van der Waals surface area (Å²) in [6.07, 6.45) is 0.697. The van der Waals surface area contributed by atoms with Crippen molar-refractivity contribution in [1.82, 2.24) is 0 Å². The third-order valence-electron chi connectivity index (χ3n) is 3.38. The normalized spacial score (nSPS) is 15.7. The van der Waals surface area contributed by atoms with Crippen molar-refractivity contribution in [2.24, 2.45) is 0 Å². The minimum absolute atomic E-state index is 0.0833. The van der Waals surface area contributed by atoms with Gasteiger partial charge in [-0.15, -0.1) is 0 Å². The number of hydrogen-bond acceptors (Lipinski definition) is 2. The van der Waals surface area contributed by atoms with Gasteiger partial charge in [0.15, 0.2) is 0 Å². The van der Waals surface area contributed by atoms with Crippen LogP contribution in [0.15, 0.2) is 24.3 Å². The Labute approximate surface area is 115 Å². The Balaban J connectivity index is 2.51. The molecule has 108 valence electrons. The van der Waals surface area contributed by atoms with E-state index in [1.165, 1.54) is 12.1 Å². The van der Waals surface area contributed by atoms with Gasteiger partial charge in [0, 0.05) is 0 Å². The van der Waals surface area contributed by atoms with Crippen LogP contribution in [0.25, 0.3) is 5.57 Å². The number of benzene rings is 1. The van der Waals surface area contributed by atoms with Crippen molar-refractivity contribution in [1.29, 1.82) is 0 Å². The highest BCUT2D eigenvalue weighted by atomic mass is 19.4. The molecule has 1 aliphatic carbocycles. The Morgan fingerprint density at radius 1 is 1.25 bits per heavy atom. The Hall–Kier alpha value is -1.78. The Morgan fingerprint density at radius 3 is 2.55 bits per heavy atom. The molecule has 0 aliphatic heterocycles. The summed E-state index contributed by atoms with van der Waals surface area (Å²) in [6.45, 7) is 0. The molecule has 1 aromatic rings. The minimum atomic E-state index is -4.49. The second kappa shape index (κ2) is 5.69. The second-order valence-corrected chi connectivity index (χ2v) is 4.72. The van der Waals surface area contributed by atoms with Crippen LogP contribution >= 0.6 is 0 Å². The average molecular weight is 284 g/mol. The van der Waals surface area contributed by atoms with Crippen molar-refractivity contribution in [3.05, 3.63) is 41.0 Å².